The van der Waals surface area contributed by atoms with Crippen molar-refractivity contribution < 1.29 is 14.5 Å². The highest BCUT2D eigenvalue weighted by atomic mass is 16.6. The Morgan fingerprint density at radius 1 is 1.44 bits per heavy atom. The predicted molar refractivity (Wildman–Crippen MR) is 63.0 cm³/mol. The van der Waals surface area contributed by atoms with Crippen molar-refractivity contribution in [1.82, 2.24) is 10.3 Å². The Balaban J connectivity index is 3.05. The van der Waals surface area contributed by atoms with Gasteiger partial charge in [-0.3, -0.25) is 14.9 Å². The molecule has 1 N–H and O–H groups in total. The molecule has 0 radical (unpaired) electrons. The first kappa shape index (κ1) is 13.8. The number of hydrogen-bond donors (Lipinski definition) is 1. The van der Waals surface area contributed by atoms with Gasteiger partial charge in [0.2, 0.25) is 5.91 Å². The predicted octanol–water partition coefficient (Wildman–Crippen LogP) is 1.22. The maximum absolute atomic E-state index is 11.7. The molecule has 0 saturated carbocycles. The number of rotatable bonds is 4. The Bertz CT molecular complexity index is 499. The smallest absolute Gasteiger partial charge is 0.358 e. The van der Waals surface area contributed by atoms with Crippen molar-refractivity contribution in [2.24, 2.45) is 0 Å². The zero-order chi connectivity index (χ0) is 13.7. The molecule has 7 nitrogen and oxygen atoms in total. The van der Waals surface area contributed by atoms with E-state index in [4.69, 9.17) is 0 Å². The second-order valence-electron chi connectivity index (χ2n) is 3.54. The van der Waals surface area contributed by atoms with E-state index in [2.05, 4.69) is 10.3 Å². The third-order valence-corrected chi connectivity index (χ3v) is 2.36. The van der Waals surface area contributed by atoms with Crippen LogP contribution >= 0.6 is 0 Å². The van der Waals surface area contributed by atoms with Gasteiger partial charge in [-0.2, -0.15) is 0 Å². The van der Waals surface area contributed by atoms with Gasteiger partial charge < -0.3 is 10.1 Å². The third-order valence-electron chi connectivity index (χ3n) is 2.36. The lowest BCUT2D eigenvalue weighted by Crippen LogP contribution is -2.30. The Labute approximate surface area is 103 Å². The van der Waals surface area contributed by atoms with Crippen molar-refractivity contribution in [3.63, 3.8) is 0 Å². The minimum absolute atomic E-state index is 0.185. The maximum atomic E-state index is 11.7. The summed E-state index contributed by atoms with van der Waals surface area (Å²) in [5.41, 5.74) is 0.669. The average molecular weight is 251 g/mol. The van der Waals surface area contributed by atoms with E-state index < -0.39 is 16.7 Å². The van der Waals surface area contributed by atoms with E-state index in [9.17, 15) is 19.7 Å². The summed E-state index contributed by atoms with van der Waals surface area (Å²) in [6, 6.07) is 1.24. The van der Waals surface area contributed by atoms with Gasteiger partial charge in [-0.25, -0.2) is 0 Å². The lowest BCUT2D eigenvalue weighted by atomic mass is 10.1. The summed E-state index contributed by atoms with van der Waals surface area (Å²) in [7, 11) is 0. The molecule has 1 aromatic rings. The fourth-order valence-electron chi connectivity index (χ4n) is 1.36. The Morgan fingerprint density at radius 2 is 2.11 bits per heavy atom. The van der Waals surface area contributed by atoms with Crippen molar-refractivity contribution in [3.8, 4) is 0 Å². The van der Waals surface area contributed by atoms with Gasteiger partial charge in [-0.1, -0.05) is 13.8 Å². The molecule has 0 unspecified atom stereocenters. The first-order chi connectivity index (χ1) is 8.49. The Kier molecular flexibility index (Phi) is 4.47. The topological polar surface area (TPSA) is 102 Å². The average Bonchev–Trinajstić information content (AvgIpc) is 2.37. The number of hydrogen-bond acceptors (Lipinski definition) is 5. The fraction of sp³-hybridized carbons (Fsp3) is 0.364. The Morgan fingerprint density at radius 3 is 2.61 bits per heavy atom. The van der Waals surface area contributed by atoms with E-state index >= 15 is 0 Å². The van der Waals surface area contributed by atoms with Crippen molar-refractivity contribution >= 4 is 17.6 Å². The first-order valence-electron chi connectivity index (χ1n) is 5.47. The number of aryl methyl sites for hydroxylation is 1. The van der Waals surface area contributed by atoms with E-state index in [0.29, 0.717) is 12.0 Å². The molecule has 0 atom stereocenters. The van der Waals surface area contributed by atoms with Crippen LogP contribution in [0.4, 0.5) is 5.82 Å². The lowest BCUT2D eigenvalue weighted by Gasteiger charge is -2.05. The van der Waals surface area contributed by atoms with Gasteiger partial charge in [0, 0.05) is 12.5 Å². The van der Waals surface area contributed by atoms with Crippen molar-refractivity contribution in [2.45, 2.75) is 26.7 Å². The number of nitro groups is 1. The third kappa shape index (κ3) is 3.09. The molecule has 96 valence electrons. The van der Waals surface area contributed by atoms with Crippen LogP contribution in [0, 0.1) is 10.1 Å². The van der Waals surface area contributed by atoms with Crippen LogP contribution in [0.15, 0.2) is 12.3 Å². The number of imide groups is 1. The number of amides is 2. The summed E-state index contributed by atoms with van der Waals surface area (Å²) in [6.45, 7) is 3.38. The van der Waals surface area contributed by atoms with Crippen LogP contribution in [-0.4, -0.2) is 21.7 Å². The molecule has 1 heterocycles. The van der Waals surface area contributed by atoms with Gasteiger partial charge in [0.25, 0.3) is 5.91 Å². The van der Waals surface area contributed by atoms with Crippen LogP contribution in [0.1, 0.15) is 36.2 Å². The van der Waals surface area contributed by atoms with Gasteiger partial charge in [-0.15, -0.1) is 0 Å². The highest BCUT2D eigenvalue weighted by Crippen LogP contribution is 2.15. The summed E-state index contributed by atoms with van der Waals surface area (Å²) < 4.78 is 0. The SMILES string of the molecule is CCC(=O)NC(=O)c1cnc([N+](=O)[O-])cc1CC. The maximum Gasteiger partial charge on any atom is 0.363 e. The number of pyridine rings is 1. The van der Waals surface area contributed by atoms with E-state index in [1.54, 1.807) is 13.8 Å². The number of carbonyl (C=O) groups is 2. The standard InChI is InChI=1S/C11H13N3O4/c1-3-7-5-9(14(17)18)12-6-8(7)11(16)13-10(15)4-2/h5-6H,3-4H2,1-2H3,(H,13,15,16). The van der Waals surface area contributed by atoms with Crippen molar-refractivity contribution in [2.75, 3.05) is 0 Å². The van der Waals surface area contributed by atoms with Crippen LogP contribution in [0.3, 0.4) is 0 Å². The highest BCUT2D eigenvalue weighted by molar-refractivity contribution is 6.05. The second-order valence-corrected chi connectivity index (χ2v) is 3.54. The molecule has 0 spiro atoms. The van der Waals surface area contributed by atoms with Crippen LogP contribution in [0.25, 0.3) is 0 Å². The van der Waals surface area contributed by atoms with Crippen molar-refractivity contribution in [3.05, 3.63) is 33.5 Å². The summed E-state index contributed by atoms with van der Waals surface area (Å²) in [4.78, 5) is 36.3. The summed E-state index contributed by atoms with van der Waals surface area (Å²) in [6.07, 6.45) is 1.75. The summed E-state index contributed by atoms with van der Waals surface area (Å²) in [5.74, 6) is -1.30. The van der Waals surface area contributed by atoms with Crippen LogP contribution < -0.4 is 5.32 Å². The van der Waals surface area contributed by atoms with Gasteiger partial charge >= 0.3 is 5.82 Å². The van der Waals surface area contributed by atoms with Crippen molar-refractivity contribution in [1.29, 1.82) is 0 Å². The largest absolute Gasteiger partial charge is 0.363 e. The molecular formula is C11H13N3O4. The molecule has 0 aromatic carbocycles. The molecule has 0 bridgehead atoms. The van der Waals surface area contributed by atoms with Gasteiger partial charge in [0.05, 0.1) is 5.56 Å². The zero-order valence-corrected chi connectivity index (χ0v) is 10.1. The fourth-order valence-corrected chi connectivity index (χ4v) is 1.36. The molecule has 0 aliphatic carbocycles. The molecule has 1 aromatic heterocycles. The van der Waals surface area contributed by atoms with E-state index in [1.807, 2.05) is 0 Å². The summed E-state index contributed by atoms with van der Waals surface area (Å²) in [5, 5.41) is 12.7. The van der Waals surface area contributed by atoms with E-state index in [1.165, 1.54) is 6.07 Å². The highest BCUT2D eigenvalue weighted by Gasteiger charge is 2.18. The molecule has 0 aliphatic heterocycles. The minimum atomic E-state index is -0.627. The van der Waals surface area contributed by atoms with Gasteiger partial charge in [0.1, 0.15) is 0 Å². The zero-order valence-electron chi connectivity index (χ0n) is 10.1. The van der Waals surface area contributed by atoms with Crippen LogP contribution in [-0.2, 0) is 11.2 Å². The second kappa shape index (κ2) is 5.85. The molecule has 0 aliphatic rings. The number of nitrogens with one attached hydrogen (secondary N) is 1. The number of carbonyl (C=O) groups excluding carboxylic acids is 2. The molecular weight excluding hydrogens is 238 g/mol. The normalized spacial score (nSPS) is 9.89. The molecule has 18 heavy (non-hydrogen) atoms. The number of nitrogens with zero attached hydrogens (tertiary/aromatic N) is 2. The number of aromatic nitrogens is 1. The molecule has 0 saturated heterocycles. The summed E-state index contributed by atoms with van der Waals surface area (Å²) >= 11 is 0. The van der Waals surface area contributed by atoms with Gasteiger partial charge in [0.15, 0.2) is 6.20 Å². The minimum Gasteiger partial charge on any atom is -0.358 e. The lowest BCUT2D eigenvalue weighted by molar-refractivity contribution is -0.389. The molecule has 0 fully saturated rings. The van der Waals surface area contributed by atoms with Crippen LogP contribution in [0.2, 0.25) is 0 Å². The van der Waals surface area contributed by atoms with Gasteiger partial charge in [-0.05, 0) is 21.9 Å². The quantitative estimate of drug-likeness (QED) is 0.640. The molecule has 2 amide bonds. The first-order valence-corrected chi connectivity index (χ1v) is 5.47. The van der Waals surface area contributed by atoms with Crippen LogP contribution in [0.5, 0.6) is 0 Å². The van der Waals surface area contributed by atoms with E-state index in [-0.39, 0.29) is 17.8 Å². The molecule has 1 rings (SSSR count). The molecule has 7 heteroatoms. The monoisotopic (exact) mass is 251 g/mol. The van der Waals surface area contributed by atoms with E-state index in [0.717, 1.165) is 6.20 Å². The Hall–Kier alpha value is -2.31.